The second kappa shape index (κ2) is 10.1. The molecule has 1 atom stereocenters. The van der Waals surface area contributed by atoms with E-state index in [4.69, 9.17) is 9.47 Å². The molecule has 1 fully saturated rings. The van der Waals surface area contributed by atoms with Gasteiger partial charge in [-0.25, -0.2) is 4.39 Å². The number of halogens is 1. The van der Waals surface area contributed by atoms with E-state index >= 15 is 0 Å². The summed E-state index contributed by atoms with van der Waals surface area (Å²) >= 11 is 0. The number of amides is 1. The first-order chi connectivity index (χ1) is 13.7. The highest BCUT2D eigenvalue weighted by atomic mass is 19.1. The lowest BCUT2D eigenvalue weighted by molar-refractivity contribution is -0.133. The number of hydrogen-bond donors (Lipinski definition) is 0. The summed E-state index contributed by atoms with van der Waals surface area (Å²) in [5.41, 5.74) is 1.15. The number of carbonyl (C=O) groups excluding carboxylic acids is 1. The molecule has 0 aromatic heterocycles. The average molecular weight is 385 g/mol. The molecule has 1 aliphatic heterocycles. The maximum Gasteiger partial charge on any atom is 0.223 e. The Kier molecular flexibility index (Phi) is 7.29. The lowest BCUT2D eigenvalue weighted by atomic mass is 10.00. The summed E-state index contributed by atoms with van der Waals surface area (Å²) in [5, 5.41) is 0. The van der Waals surface area contributed by atoms with Gasteiger partial charge in [-0.2, -0.15) is 0 Å². The molecule has 1 amide bonds. The number of hydrogen-bond acceptors (Lipinski definition) is 3. The largest absolute Gasteiger partial charge is 0.497 e. The van der Waals surface area contributed by atoms with Crippen molar-refractivity contribution in [2.24, 2.45) is 0 Å². The average Bonchev–Trinajstić information content (AvgIpc) is 2.98. The molecule has 0 N–H and O–H groups in total. The minimum Gasteiger partial charge on any atom is -0.497 e. The highest BCUT2D eigenvalue weighted by Crippen LogP contribution is 2.31. The number of para-hydroxylation sites is 1. The zero-order valence-corrected chi connectivity index (χ0v) is 16.4. The molecule has 28 heavy (non-hydrogen) atoms. The van der Waals surface area contributed by atoms with Crippen LogP contribution in [0.2, 0.25) is 0 Å². The van der Waals surface area contributed by atoms with Crippen LogP contribution in [0.5, 0.6) is 11.5 Å². The zero-order valence-electron chi connectivity index (χ0n) is 16.4. The van der Waals surface area contributed by atoms with Crippen molar-refractivity contribution in [2.75, 3.05) is 20.3 Å². The molecule has 5 heteroatoms. The predicted molar refractivity (Wildman–Crippen MR) is 107 cm³/mol. The first kappa shape index (κ1) is 20.2. The Hall–Kier alpha value is -2.56. The van der Waals surface area contributed by atoms with Crippen LogP contribution in [0.4, 0.5) is 4.39 Å². The third kappa shape index (κ3) is 5.24. The van der Waals surface area contributed by atoms with Gasteiger partial charge >= 0.3 is 0 Å². The van der Waals surface area contributed by atoms with Crippen LogP contribution in [0.3, 0.4) is 0 Å². The van der Waals surface area contributed by atoms with Crippen LogP contribution in [-0.4, -0.2) is 31.1 Å². The SMILES string of the molecule is COc1ccc(C2CCCCCN2C(=O)CCCOc2ccccc2F)cc1. The van der Waals surface area contributed by atoms with Gasteiger partial charge in [-0.1, -0.05) is 37.1 Å². The van der Waals surface area contributed by atoms with E-state index in [-0.39, 0.29) is 23.5 Å². The van der Waals surface area contributed by atoms with Gasteiger partial charge < -0.3 is 14.4 Å². The molecule has 1 heterocycles. The van der Waals surface area contributed by atoms with E-state index < -0.39 is 0 Å². The standard InChI is InChI=1S/C23H28FNO3/c1-27-19-14-12-18(13-15-19)21-9-3-2-6-16-25(21)23(26)11-7-17-28-22-10-5-4-8-20(22)24/h4-5,8,10,12-15,21H,2-3,6-7,9,11,16-17H2,1H3. The smallest absolute Gasteiger partial charge is 0.223 e. The molecular formula is C23H28FNO3. The fourth-order valence-electron chi connectivity index (χ4n) is 3.69. The Morgan fingerprint density at radius 1 is 1.11 bits per heavy atom. The van der Waals surface area contributed by atoms with Crippen LogP contribution in [0.15, 0.2) is 48.5 Å². The summed E-state index contributed by atoms with van der Waals surface area (Å²) in [4.78, 5) is 14.9. The highest BCUT2D eigenvalue weighted by Gasteiger charge is 2.26. The fraction of sp³-hybridized carbons (Fsp3) is 0.435. The van der Waals surface area contributed by atoms with E-state index in [1.165, 1.54) is 6.07 Å². The third-order valence-corrected chi connectivity index (χ3v) is 5.20. The lowest BCUT2D eigenvalue weighted by Crippen LogP contribution is -2.34. The second-order valence-corrected chi connectivity index (χ2v) is 7.11. The Morgan fingerprint density at radius 2 is 1.89 bits per heavy atom. The molecule has 0 saturated carbocycles. The van der Waals surface area contributed by atoms with Gasteiger partial charge in [0.2, 0.25) is 5.91 Å². The molecule has 150 valence electrons. The summed E-state index contributed by atoms with van der Waals surface area (Å²) in [6, 6.07) is 14.4. The van der Waals surface area contributed by atoms with Crippen LogP contribution >= 0.6 is 0 Å². The van der Waals surface area contributed by atoms with Crippen LogP contribution in [0.25, 0.3) is 0 Å². The van der Waals surface area contributed by atoms with Crippen molar-refractivity contribution in [3.05, 3.63) is 59.9 Å². The molecule has 1 aliphatic rings. The molecule has 2 aromatic rings. The van der Waals surface area contributed by atoms with Crippen LogP contribution < -0.4 is 9.47 Å². The number of likely N-dealkylation sites (tertiary alicyclic amines) is 1. The van der Waals surface area contributed by atoms with Crippen molar-refractivity contribution in [3.63, 3.8) is 0 Å². The summed E-state index contributed by atoms with van der Waals surface area (Å²) in [5.74, 6) is 0.821. The van der Waals surface area contributed by atoms with Crippen LogP contribution in [-0.2, 0) is 4.79 Å². The molecule has 1 saturated heterocycles. The van der Waals surface area contributed by atoms with Gasteiger partial charge in [0.1, 0.15) is 5.75 Å². The molecule has 2 aromatic carbocycles. The first-order valence-electron chi connectivity index (χ1n) is 10.00. The molecule has 0 bridgehead atoms. The van der Waals surface area contributed by atoms with E-state index in [2.05, 4.69) is 12.1 Å². The van der Waals surface area contributed by atoms with E-state index in [0.29, 0.717) is 19.4 Å². The summed E-state index contributed by atoms with van der Waals surface area (Å²) in [6.07, 6.45) is 5.25. The molecule has 3 rings (SSSR count). The maximum atomic E-state index is 13.6. The van der Waals surface area contributed by atoms with Crippen molar-refractivity contribution >= 4 is 5.91 Å². The number of benzene rings is 2. The Labute approximate surface area is 166 Å². The molecule has 0 aliphatic carbocycles. The summed E-state index contributed by atoms with van der Waals surface area (Å²) < 4.78 is 24.3. The van der Waals surface area contributed by atoms with Gasteiger partial charge in [0.25, 0.3) is 0 Å². The monoisotopic (exact) mass is 385 g/mol. The lowest BCUT2D eigenvalue weighted by Gasteiger charge is -2.31. The van der Waals surface area contributed by atoms with Crippen LogP contribution in [0, 0.1) is 5.82 Å². The molecule has 0 spiro atoms. The van der Waals surface area contributed by atoms with E-state index in [1.54, 1.807) is 25.3 Å². The van der Waals surface area contributed by atoms with Crippen molar-refractivity contribution in [3.8, 4) is 11.5 Å². The molecule has 0 radical (unpaired) electrons. The van der Waals surface area contributed by atoms with Gasteiger partial charge in [-0.15, -0.1) is 0 Å². The normalized spacial score (nSPS) is 17.1. The van der Waals surface area contributed by atoms with Gasteiger partial charge in [0.05, 0.1) is 19.8 Å². The maximum absolute atomic E-state index is 13.6. The van der Waals surface area contributed by atoms with E-state index in [0.717, 1.165) is 43.5 Å². The van der Waals surface area contributed by atoms with Crippen molar-refractivity contribution < 1.29 is 18.7 Å². The minimum atomic E-state index is -0.374. The quantitative estimate of drug-likeness (QED) is 0.620. The van der Waals surface area contributed by atoms with Gasteiger partial charge in [-0.05, 0) is 49.1 Å². The van der Waals surface area contributed by atoms with E-state index in [9.17, 15) is 9.18 Å². The number of nitrogens with zero attached hydrogens (tertiary/aromatic N) is 1. The number of carbonyl (C=O) groups is 1. The van der Waals surface area contributed by atoms with Gasteiger partial charge in [0.15, 0.2) is 11.6 Å². The fourth-order valence-corrected chi connectivity index (χ4v) is 3.69. The Bertz CT molecular complexity index is 763. The number of methoxy groups -OCH3 is 1. The van der Waals surface area contributed by atoms with Crippen molar-refractivity contribution in [1.29, 1.82) is 0 Å². The van der Waals surface area contributed by atoms with E-state index in [1.807, 2.05) is 17.0 Å². The predicted octanol–water partition coefficient (Wildman–Crippen LogP) is 5.14. The minimum absolute atomic E-state index is 0.105. The highest BCUT2D eigenvalue weighted by molar-refractivity contribution is 5.76. The van der Waals surface area contributed by atoms with Crippen molar-refractivity contribution in [2.45, 2.75) is 44.6 Å². The molecule has 1 unspecified atom stereocenters. The first-order valence-corrected chi connectivity index (χ1v) is 10.00. The Balaban J connectivity index is 1.58. The van der Waals surface area contributed by atoms with Gasteiger partial charge in [-0.3, -0.25) is 4.79 Å². The topological polar surface area (TPSA) is 38.8 Å². The van der Waals surface area contributed by atoms with Gasteiger partial charge in [0, 0.05) is 13.0 Å². The third-order valence-electron chi connectivity index (χ3n) is 5.20. The second-order valence-electron chi connectivity index (χ2n) is 7.11. The molecule has 4 nitrogen and oxygen atoms in total. The Morgan fingerprint density at radius 3 is 2.64 bits per heavy atom. The number of rotatable bonds is 7. The summed E-state index contributed by atoms with van der Waals surface area (Å²) in [7, 11) is 1.65. The number of ether oxygens (including phenoxy) is 2. The van der Waals surface area contributed by atoms with Crippen LogP contribution in [0.1, 0.15) is 50.1 Å². The van der Waals surface area contributed by atoms with Crippen molar-refractivity contribution in [1.82, 2.24) is 4.90 Å². The summed E-state index contributed by atoms with van der Waals surface area (Å²) in [6.45, 7) is 1.11. The molecular weight excluding hydrogens is 357 g/mol. The zero-order chi connectivity index (χ0) is 19.8.